The Balaban J connectivity index is 0.000000536. The summed E-state index contributed by atoms with van der Waals surface area (Å²) < 4.78 is 202. The van der Waals surface area contributed by atoms with E-state index in [0.29, 0.717) is 117 Å². The van der Waals surface area contributed by atoms with Crippen LogP contribution in [0.5, 0.6) is 0 Å². The first-order valence-electron chi connectivity index (χ1n) is 57.7. The highest BCUT2D eigenvalue weighted by atomic mass is 19.4. The first-order valence-corrected chi connectivity index (χ1v) is 57.7. The van der Waals surface area contributed by atoms with Crippen LogP contribution in [0.15, 0.2) is 0 Å². The minimum atomic E-state index is -4.09. The Hall–Kier alpha value is -1.65. The van der Waals surface area contributed by atoms with Crippen molar-refractivity contribution in [2.24, 2.45) is 154 Å². The van der Waals surface area contributed by atoms with E-state index < -0.39 is 88.0 Å². The van der Waals surface area contributed by atoms with Gasteiger partial charge in [-0.2, -0.15) is 26.3 Å². The van der Waals surface area contributed by atoms with Gasteiger partial charge in [-0.25, -0.2) is 39.5 Å². The van der Waals surface area contributed by atoms with E-state index in [1.54, 1.807) is 34.6 Å². The third-order valence-corrected chi connectivity index (χ3v) is 36.2. The lowest BCUT2D eigenvalue weighted by atomic mass is 9.61. The SMILES string of the molecule is CC(C)(C)C1(C(F)(F)F)CCNCC1.CC(C)(C)C1(C)CCNCC1.CC(C)(C)C1(F)CCNCC1.CC(C)(C)C1C(F)CNCC1F.CC(C)(C)C1C2CNCC21.CC(C)(C)C1CCNCC1.CC(C)(C)C1CCNCC1(F)F.CC(C)(C)C1CNCCO1.CC(C)C1(C(F)(F)F)CCNC1.CC(C)C1(C)CCNC1.CC(C)C1(F)CCNC1.CC(C)C1CCNC1.CC(C)C1CNCC1(F)F.CC(C)C1CNCC1F. The number of nitrogens with one attached hydrogen (secondary N) is 14. The minimum absolute atomic E-state index is 0.0741. The van der Waals surface area contributed by atoms with Gasteiger partial charge in [-0.05, 0) is 307 Å². The molecule has 13 unspecified atom stereocenters. The van der Waals surface area contributed by atoms with Gasteiger partial charge in [0.15, 0.2) is 0 Å². The summed E-state index contributed by atoms with van der Waals surface area (Å²) in [6.45, 7) is 102. The lowest BCUT2D eigenvalue weighted by Gasteiger charge is -2.48. The van der Waals surface area contributed by atoms with Crippen LogP contribution in [0.3, 0.4) is 0 Å². The lowest BCUT2D eigenvalue weighted by molar-refractivity contribution is -0.266. The molecule has 13 atom stereocenters. The van der Waals surface area contributed by atoms with E-state index in [-0.39, 0.29) is 84.2 Å². The van der Waals surface area contributed by atoms with E-state index >= 15 is 0 Å². The number of piperidine rings is 7. The molecule has 0 aromatic rings. The van der Waals surface area contributed by atoms with Crippen LogP contribution in [0.25, 0.3) is 0 Å². The Morgan fingerprint density at radius 1 is 0.299 bits per heavy atom. The molecule has 0 bridgehead atoms. The third kappa shape index (κ3) is 46.7. The summed E-state index contributed by atoms with van der Waals surface area (Å²) in [5.74, 6) is 0.891. The summed E-state index contributed by atoms with van der Waals surface area (Å²) in [5.41, 5.74) is -3.34. The van der Waals surface area contributed by atoms with Gasteiger partial charge in [-0.1, -0.05) is 263 Å². The second-order valence-electron chi connectivity index (χ2n) is 56.9. The van der Waals surface area contributed by atoms with Crippen LogP contribution >= 0.6 is 0 Å². The van der Waals surface area contributed by atoms with Gasteiger partial charge in [0.2, 0.25) is 0 Å². The van der Waals surface area contributed by atoms with Gasteiger partial charge in [0.25, 0.3) is 11.8 Å². The number of ether oxygens (including phenoxy) is 1. The number of halogens is 15. The summed E-state index contributed by atoms with van der Waals surface area (Å²) in [7, 11) is 0. The zero-order valence-corrected chi connectivity index (χ0v) is 101. The van der Waals surface area contributed by atoms with Crippen molar-refractivity contribution < 1.29 is 70.6 Å². The molecule has 1 saturated carbocycles. The molecule has 15 aliphatic rings. The smallest absolute Gasteiger partial charge is 0.375 e. The molecule has 30 heteroatoms. The topological polar surface area (TPSA) is 178 Å². The Morgan fingerprint density at radius 3 is 0.966 bits per heavy atom. The van der Waals surface area contributed by atoms with E-state index in [0.717, 1.165) is 93.8 Å². The highest BCUT2D eigenvalue weighted by Crippen LogP contribution is 2.59. The molecule has 0 spiro atoms. The third-order valence-electron chi connectivity index (χ3n) is 36.2. The second-order valence-corrected chi connectivity index (χ2v) is 56.9. The fourth-order valence-corrected chi connectivity index (χ4v) is 23.2. The number of morpholine rings is 1. The molecule has 0 aromatic carbocycles. The minimum Gasteiger partial charge on any atom is -0.375 e. The summed E-state index contributed by atoms with van der Waals surface area (Å²) >= 11 is 0. The van der Waals surface area contributed by atoms with Crippen molar-refractivity contribution in [3.63, 3.8) is 0 Å². The molecule has 15 fully saturated rings. The van der Waals surface area contributed by atoms with E-state index in [1.165, 1.54) is 104 Å². The first kappa shape index (κ1) is 141. The zero-order chi connectivity index (χ0) is 113. The van der Waals surface area contributed by atoms with E-state index in [4.69, 9.17) is 4.74 Å². The number of hydrogen-bond acceptors (Lipinski definition) is 15. The molecule has 147 heavy (non-hydrogen) atoms. The van der Waals surface area contributed by atoms with Crippen molar-refractivity contribution in [1.82, 2.24) is 74.4 Å². The monoisotopic (exact) mass is 2130 g/mol. The van der Waals surface area contributed by atoms with Crippen LogP contribution in [0, 0.1) is 154 Å². The van der Waals surface area contributed by atoms with Crippen molar-refractivity contribution >= 4 is 0 Å². The van der Waals surface area contributed by atoms with Crippen molar-refractivity contribution in [2.45, 2.75) is 407 Å². The standard InChI is InChI=1S/C10H18F3N.C10H21N.2C9H17F2N.C9H18FN.C9H17N.C9H19N.C8H14F3N.C8H17NO.C8H17N.C7H13F2N.2C7H14FN.C7H15N/c1-8(2,3)9(10(11,12)13)4-6-14-7-5-9;1-9(2,3)10(4)5-7-11-8-6-10;1-9(2,3)8-6(10)4-12-5-7(8)11;1-8(2,3)7-4-5-12-6-9(7,10)11;1-8(2,3)9(10)4-6-11-7-5-9;1-9(2,3)8-6-4-10-5-7(6)8;1-9(2,3)8-4-6-10-7-5-8;1-6(2)7(8(9,10)11)3-4-12-5-7;1-8(2,3)7-6-9-4-5-10-7;1-7(2)8(3)4-5-9-6-8;1-5(2)6-3-10-4-7(6,8)9;1-5(2)6-3-9-4-7(6)8;1-6(2)7(8)3-4-9-5-7;1-6(2)7-3-4-8-5-7/h14H,4-7H2,1-3H3;11H,5-8H2,1-4H3;6-8,12H,4-5H2,1-3H3;7,12H,4-6H2,1-3H3;11H,4-7H2,1-3H3;6-8,10H,4-5H2,1-3H3;8,10H,4-7H2,1-3H3;6,12H,3-5H2,1-2H3;7,9H,4-6H2,1-3H3;7,9H,4-6H2,1-3H3;5-6,10H,3-4H2,1-2H3;5-7,9H,3-4H2,1-2H3;6,9H,3-5H2,1-2H3;6-8H,3-5H2,1-2H3. The van der Waals surface area contributed by atoms with Crippen LogP contribution < -0.4 is 74.4 Å². The van der Waals surface area contributed by atoms with Gasteiger partial charge in [-0.3, -0.25) is 0 Å². The zero-order valence-electron chi connectivity index (χ0n) is 101. The van der Waals surface area contributed by atoms with Crippen LogP contribution in [-0.2, 0) is 4.74 Å². The average molecular weight is 2140 g/mol. The maximum Gasteiger partial charge on any atom is 0.396 e. The molecule has 1 aliphatic carbocycles. The Labute approximate surface area is 890 Å². The number of alkyl halides is 15. The van der Waals surface area contributed by atoms with E-state index in [1.807, 2.05) is 90.0 Å². The lowest BCUT2D eigenvalue weighted by Crippen LogP contribution is -2.53. The summed E-state index contributed by atoms with van der Waals surface area (Å²) in [4.78, 5) is 0. The Morgan fingerprint density at radius 2 is 0.728 bits per heavy atom. The quantitative estimate of drug-likeness (QED) is 0.113. The maximum atomic E-state index is 14.0. The summed E-state index contributed by atoms with van der Waals surface area (Å²) in [6, 6.07) is 0. The van der Waals surface area contributed by atoms with Gasteiger partial charge in [0, 0.05) is 89.1 Å². The van der Waals surface area contributed by atoms with Crippen molar-refractivity contribution in [3.05, 3.63) is 0 Å². The number of fused-ring (bicyclic) bond motifs is 1. The highest BCUT2D eigenvalue weighted by molar-refractivity contribution is 5.09. The fraction of sp³-hybridized carbons (Fsp3) is 1.00. The molecule has 14 saturated heterocycles. The molecule has 0 radical (unpaired) electrons. The maximum absolute atomic E-state index is 14.0. The summed E-state index contributed by atoms with van der Waals surface area (Å²) in [6.07, 6.45) is 0.858. The fourth-order valence-electron chi connectivity index (χ4n) is 23.2. The van der Waals surface area contributed by atoms with E-state index in [9.17, 15) is 65.9 Å². The molecule has 14 aliphatic heterocycles. The number of rotatable bonds is 6. The van der Waals surface area contributed by atoms with Gasteiger partial charge in [-0.15, -0.1) is 0 Å². The Kier molecular flexibility index (Phi) is 58.8. The van der Waals surface area contributed by atoms with Crippen molar-refractivity contribution in [2.75, 3.05) is 190 Å². The van der Waals surface area contributed by atoms with Crippen molar-refractivity contribution in [3.8, 4) is 0 Å². The second kappa shape index (κ2) is 61.1. The van der Waals surface area contributed by atoms with Gasteiger partial charge < -0.3 is 79.2 Å². The molecule has 0 amide bonds. The molecule has 0 aromatic heterocycles. The molecule has 880 valence electrons. The normalized spacial score (nSPS) is 31.1. The van der Waals surface area contributed by atoms with Crippen LogP contribution in [0.2, 0.25) is 0 Å². The predicted molar refractivity (Wildman–Crippen MR) is 591 cm³/mol. The first-order chi connectivity index (χ1) is 67.0. The van der Waals surface area contributed by atoms with Crippen LogP contribution in [-0.4, -0.2) is 250 Å². The Bertz CT molecular complexity index is 3270. The van der Waals surface area contributed by atoms with Gasteiger partial charge in [0.1, 0.15) is 29.9 Å². The molecule has 15 nitrogen and oxygen atoms in total. The summed E-state index contributed by atoms with van der Waals surface area (Å²) in [5, 5.41) is 43.4. The molecular weight excluding hydrogens is 1900 g/mol. The van der Waals surface area contributed by atoms with Gasteiger partial charge >= 0.3 is 12.4 Å². The van der Waals surface area contributed by atoms with E-state index in [2.05, 4.69) is 213 Å². The molecule has 15 rings (SSSR count). The predicted octanol–water partition coefficient (Wildman–Crippen LogP) is 25.4. The molecule has 14 heterocycles. The number of hydrogen-bond donors (Lipinski definition) is 14. The molecule has 14 N–H and O–H groups in total. The largest absolute Gasteiger partial charge is 0.396 e. The average Bonchev–Trinajstić information content (AvgIpc) is 1.42. The van der Waals surface area contributed by atoms with Gasteiger partial charge in [0.05, 0.1) is 36.6 Å². The molecular formula is C117H231F15N14O. The van der Waals surface area contributed by atoms with Crippen molar-refractivity contribution in [1.29, 1.82) is 0 Å². The highest BCUT2D eigenvalue weighted by Gasteiger charge is 2.62. The van der Waals surface area contributed by atoms with Crippen LogP contribution in [0.1, 0.15) is 347 Å². The van der Waals surface area contributed by atoms with Crippen LogP contribution in [0.4, 0.5) is 65.9 Å².